The number of nitrogens with zero attached hydrogens (tertiary/aromatic N) is 3. The summed E-state index contributed by atoms with van der Waals surface area (Å²) in [5.74, 6) is -2.09. The number of hydrogen-bond acceptors (Lipinski definition) is 9. The first-order valence-electron chi connectivity index (χ1n) is 6.61. The Kier molecular flexibility index (Phi) is 6.76. The highest BCUT2D eigenvalue weighted by Crippen LogP contribution is 2.28. The molecule has 0 aliphatic carbocycles. The smallest absolute Gasteiger partial charge is 0.303 e. The van der Waals surface area contributed by atoms with Crippen LogP contribution in [0.25, 0.3) is 10.4 Å². The van der Waals surface area contributed by atoms with E-state index in [1.807, 2.05) is 0 Å². The molecular weight excluding hydrogens is 314 g/mol. The topological polar surface area (TPSA) is 157 Å². The minimum absolute atomic E-state index is 0.353. The highest BCUT2D eigenvalue weighted by molar-refractivity contribution is 5.67. The summed E-state index contributed by atoms with van der Waals surface area (Å²) < 4.78 is 19.9. The SMILES string of the molecule is CC(=O)OC[C@H]1O[C@H](O)[C@H](OC(C)=O)[C@@H](N=[N+]=[N-])[C@@H]1OC(C)=O. The van der Waals surface area contributed by atoms with Crippen molar-refractivity contribution in [2.24, 2.45) is 5.11 Å². The molecular formula is C12H17N3O8. The first-order valence-corrected chi connectivity index (χ1v) is 6.61. The summed E-state index contributed by atoms with van der Waals surface area (Å²) in [6.07, 6.45) is -5.33. The number of ether oxygens (including phenoxy) is 4. The van der Waals surface area contributed by atoms with Gasteiger partial charge in [0.15, 0.2) is 12.4 Å². The highest BCUT2D eigenvalue weighted by Gasteiger charge is 2.49. The van der Waals surface area contributed by atoms with E-state index in [0.29, 0.717) is 0 Å². The van der Waals surface area contributed by atoms with E-state index in [1.165, 1.54) is 0 Å². The monoisotopic (exact) mass is 331 g/mol. The molecule has 1 aliphatic rings. The molecule has 0 saturated carbocycles. The van der Waals surface area contributed by atoms with Crippen LogP contribution in [0, 0.1) is 0 Å². The van der Waals surface area contributed by atoms with Crippen molar-refractivity contribution in [3.8, 4) is 0 Å². The van der Waals surface area contributed by atoms with Gasteiger partial charge in [-0.2, -0.15) is 0 Å². The number of rotatable bonds is 5. The zero-order chi connectivity index (χ0) is 17.6. The summed E-state index contributed by atoms with van der Waals surface area (Å²) in [5.41, 5.74) is 8.68. The fourth-order valence-corrected chi connectivity index (χ4v) is 2.09. The molecule has 0 radical (unpaired) electrons. The van der Waals surface area contributed by atoms with Crippen molar-refractivity contribution < 1.29 is 38.4 Å². The number of azide groups is 1. The van der Waals surface area contributed by atoms with Gasteiger partial charge in [-0.05, 0) is 5.53 Å². The van der Waals surface area contributed by atoms with E-state index in [9.17, 15) is 19.5 Å². The van der Waals surface area contributed by atoms with Crippen molar-refractivity contribution in [2.75, 3.05) is 6.61 Å². The maximum absolute atomic E-state index is 11.3. The molecule has 1 heterocycles. The Labute approximate surface area is 131 Å². The van der Waals surface area contributed by atoms with Gasteiger partial charge in [0.2, 0.25) is 0 Å². The third kappa shape index (κ3) is 5.40. The Balaban J connectivity index is 3.09. The second-order valence-electron chi connectivity index (χ2n) is 4.71. The van der Waals surface area contributed by atoms with Crippen LogP contribution in [0.1, 0.15) is 20.8 Å². The lowest BCUT2D eigenvalue weighted by Crippen LogP contribution is -2.60. The van der Waals surface area contributed by atoms with Crippen molar-refractivity contribution in [1.29, 1.82) is 0 Å². The van der Waals surface area contributed by atoms with Crippen molar-refractivity contribution >= 4 is 17.9 Å². The van der Waals surface area contributed by atoms with Crippen molar-refractivity contribution in [3.05, 3.63) is 10.4 Å². The second kappa shape index (κ2) is 8.32. The Morgan fingerprint density at radius 1 is 1.13 bits per heavy atom. The number of aliphatic hydroxyl groups is 1. The third-order valence-electron chi connectivity index (χ3n) is 2.87. The van der Waals surface area contributed by atoms with Crippen LogP contribution in [0.15, 0.2) is 5.11 Å². The van der Waals surface area contributed by atoms with Gasteiger partial charge in [0.05, 0.1) is 0 Å². The molecule has 1 saturated heterocycles. The largest absolute Gasteiger partial charge is 0.463 e. The van der Waals surface area contributed by atoms with Gasteiger partial charge in [0, 0.05) is 25.7 Å². The summed E-state index contributed by atoms with van der Waals surface area (Å²) in [6, 6.07) is -1.25. The van der Waals surface area contributed by atoms with Gasteiger partial charge >= 0.3 is 17.9 Å². The molecule has 1 fully saturated rings. The molecule has 1 aliphatic heterocycles. The Morgan fingerprint density at radius 2 is 1.70 bits per heavy atom. The quantitative estimate of drug-likeness (QED) is 0.239. The zero-order valence-electron chi connectivity index (χ0n) is 12.7. The van der Waals surface area contributed by atoms with E-state index in [-0.39, 0.29) is 6.61 Å². The van der Waals surface area contributed by atoms with Gasteiger partial charge in [-0.15, -0.1) is 0 Å². The molecule has 11 heteroatoms. The Bertz CT molecular complexity index is 518. The number of esters is 3. The highest BCUT2D eigenvalue weighted by atomic mass is 16.7. The van der Waals surface area contributed by atoms with Gasteiger partial charge in [-0.3, -0.25) is 14.4 Å². The molecule has 11 nitrogen and oxygen atoms in total. The normalized spacial score (nSPS) is 29.8. The van der Waals surface area contributed by atoms with Crippen LogP contribution < -0.4 is 0 Å². The van der Waals surface area contributed by atoms with E-state index >= 15 is 0 Å². The average molecular weight is 331 g/mol. The maximum atomic E-state index is 11.3. The Hall–Kier alpha value is -2.36. The van der Waals surface area contributed by atoms with Gasteiger partial charge in [0.1, 0.15) is 24.9 Å². The minimum Gasteiger partial charge on any atom is -0.463 e. The fourth-order valence-electron chi connectivity index (χ4n) is 2.09. The minimum atomic E-state index is -1.65. The molecule has 23 heavy (non-hydrogen) atoms. The van der Waals surface area contributed by atoms with Crippen molar-refractivity contribution in [3.63, 3.8) is 0 Å². The molecule has 0 aromatic heterocycles. The molecule has 0 unspecified atom stereocenters. The lowest BCUT2D eigenvalue weighted by Gasteiger charge is -2.41. The average Bonchev–Trinajstić information content (AvgIpc) is 2.43. The molecule has 0 aromatic rings. The summed E-state index contributed by atoms with van der Waals surface area (Å²) in [7, 11) is 0. The lowest BCUT2D eigenvalue weighted by atomic mass is 9.96. The summed E-state index contributed by atoms with van der Waals surface area (Å²) in [6.45, 7) is 3.01. The third-order valence-corrected chi connectivity index (χ3v) is 2.87. The maximum Gasteiger partial charge on any atom is 0.303 e. The molecule has 1 rings (SSSR count). The fraction of sp³-hybridized carbons (Fsp3) is 0.750. The van der Waals surface area contributed by atoms with Gasteiger partial charge in [-0.25, -0.2) is 0 Å². The van der Waals surface area contributed by atoms with Gasteiger partial charge in [-0.1, -0.05) is 5.11 Å². The van der Waals surface area contributed by atoms with Crippen molar-refractivity contribution in [1.82, 2.24) is 0 Å². The molecule has 0 amide bonds. The standard InChI is InChI=1S/C12H17N3O8/c1-5(16)20-4-8-10(21-6(2)17)9(14-15-13)11(12(19)23-8)22-7(3)18/h8-12,19H,4H2,1-3H3/t8-,9+,10-,11-,12+/m1/s1. The van der Waals surface area contributed by atoms with Crippen LogP contribution >= 0.6 is 0 Å². The summed E-state index contributed by atoms with van der Waals surface area (Å²) >= 11 is 0. The van der Waals surface area contributed by atoms with Gasteiger partial charge < -0.3 is 24.1 Å². The first kappa shape index (κ1) is 18.7. The van der Waals surface area contributed by atoms with Crippen LogP contribution in [0.3, 0.4) is 0 Å². The van der Waals surface area contributed by atoms with E-state index in [1.54, 1.807) is 0 Å². The zero-order valence-corrected chi connectivity index (χ0v) is 12.7. The van der Waals surface area contributed by atoms with E-state index in [4.69, 9.17) is 24.5 Å². The van der Waals surface area contributed by atoms with Crippen LogP contribution in [0.2, 0.25) is 0 Å². The molecule has 0 bridgehead atoms. The molecule has 5 atom stereocenters. The van der Waals surface area contributed by atoms with E-state index < -0.39 is 48.6 Å². The first-order chi connectivity index (χ1) is 10.8. The van der Waals surface area contributed by atoms with E-state index in [0.717, 1.165) is 20.8 Å². The van der Waals surface area contributed by atoms with Crippen LogP contribution in [-0.4, -0.2) is 60.3 Å². The lowest BCUT2D eigenvalue weighted by molar-refractivity contribution is -0.268. The van der Waals surface area contributed by atoms with Gasteiger partial charge in [0.25, 0.3) is 0 Å². The van der Waals surface area contributed by atoms with Crippen molar-refractivity contribution in [2.45, 2.75) is 51.4 Å². The molecule has 1 N–H and O–H groups in total. The molecule has 0 spiro atoms. The number of carbonyl (C=O) groups is 3. The second-order valence-corrected chi connectivity index (χ2v) is 4.71. The van der Waals surface area contributed by atoms with E-state index in [2.05, 4.69) is 10.0 Å². The van der Waals surface area contributed by atoms with Crippen LogP contribution in [0.4, 0.5) is 0 Å². The molecule has 128 valence electrons. The summed E-state index contributed by atoms with van der Waals surface area (Å²) in [4.78, 5) is 35.9. The molecule has 0 aromatic carbocycles. The predicted molar refractivity (Wildman–Crippen MR) is 71.6 cm³/mol. The summed E-state index contributed by atoms with van der Waals surface area (Å²) in [5, 5.41) is 13.4. The van der Waals surface area contributed by atoms with Crippen LogP contribution in [0.5, 0.6) is 0 Å². The number of carbonyl (C=O) groups excluding carboxylic acids is 3. The number of aliphatic hydroxyl groups excluding tert-OH is 1. The Morgan fingerprint density at radius 3 is 2.17 bits per heavy atom. The number of hydrogen-bond donors (Lipinski definition) is 1. The van der Waals surface area contributed by atoms with Crippen LogP contribution in [-0.2, 0) is 33.3 Å². The predicted octanol–water partition coefficient (Wildman–Crippen LogP) is -0.191.